The molecule has 6 aromatic rings. The summed E-state index contributed by atoms with van der Waals surface area (Å²) in [4.78, 5) is 70.7. The maximum atomic E-state index is 13.9. The number of nitrogens with one attached hydrogen (secondary N) is 2. The molecule has 1 aliphatic rings. The number of carbonyl (C=O) groups is 5. The number of hydroxylamine groups is 2. The molecule has 0 saturated carbocycles. The van der Waals surface area contributed by atoms with Crippen molar-refractivity contribution in [2.45, 2.75) is 28.8 Å². The fourth-order valence-corrected chi connectivity index (χ4v) is 10.5. The second kappa shape index (κ2) is 20.9. The Morgan fingerprint density at radius 3 is 1.03 bits per heavy atom. The van der Waals surface area contributed by atoms with Gasteiger partial charge in [0.25, 0.3) is 11.8 Å². The Balaban J connectivity index is 1.08. The third kappa shape index (κ3) is 10.2. The summed E-state index contributed by atoms with van der Waals surface area (Å²) < 4.78 is -1.45. The molecule has 62 heavy (non-hydrogen) atoms. The van der Waals surface area contributed by atoms with Crippen LogP contribution in [0.25, 0.3) is 0 Å². The van der Waals surface area contributed by atoms with Crippen LogP contribution in [-0.4, -0.2) is 59.3 Å². The van der Waals surface area contributed by atoms with Gasteiger partial charge in [0.05, 0.1) is 27.4 Å². The van der Waals surface area contributed by atoms with Crippen molar-refractivity contribution in [2.24, 2.45) is 5.92 Å². The molecule has 0 aliphatic carbocycles. The molecule has 0 aromatic heterocycles. The van der Waals surface area contributed by atoms with Crippen molar-refractivity contribution in [3.05, 3.63) is 215 Å². The van der Waals surface area contributed by atoms with Crippen molar-refractivity contribution in [3.63, 3.8) is 0 Å². The van der Waals surface area contributed by atoms with Crippen LogP contribution in [0.15, 0.2) is 182 Å². The molecule has 0 atom stereocenters. The van der Waals surface area contributed by atoms with Gasteiger partial charge in [-0.1, -0.05) is 182 Å². The number of nitrogens with zero attached hydrogens (tertiary/aromatic N) is 1. The van der Waals surface area contributed by atoms with E-state index in [9.17, 15) is 24.0 Å². The largest absolute Gasteiger partial charge is 0.355 e. The first-order chi connectivity index (χ1) is 30.3. The lowest BCUT2D eigenvalue weighted by molar-refractivity contribution is -0.198. The van der Waals surface area contributed by atoms with E-state index in [4.69, 9.17) is 4.84 Å². The molecule has 6 aromatic carbocycles. The molecule has 0 bridgehead atoms. The Kier molecular flexibility index (Phi) is 14.7. The summed E-state index contributed by atoms with van der Waals surface area (Å²) in [6.07, 6.45) is -0.352. The zero-order chi connectivity index (χ0) is 43.2. The Labute approximate surface area is 370 Å². The van der Waals surface area contributed by atoms with Crippen molar-refractivity contribution in [3.8, 4) is 0 Å². The van der Waals surface area contributed by atoms with E-state index < -0.39 is 33.2 Å². The highest BCUT2D eigenvalue weighted by molar-refractivity contribution is 8.01. The van der Waals surface area contributed by atoms with Gasteiger partial charge in [0.1, 0.15) is 0 Å². The molecular weight excluding hydrogens is 815 g/mol. The van der Waals surface area contributed by atoms with Crippen LogP contribution in [-0.2, 0) is 38.3 Å². The third-order valence-corrected chi connectivity index (χ3v) is 13.8. The molecule has 2 N–H and O–H groups in total. The van der Waals surface area contributed by atoms with Crippen LogP contribution in [0.2, 0.25) is 0 Å². The molecule has 9 nitrogen and oxygen atoms in total. The average Bonchev–Trinajstić information content (AvgIpc) is 3.64. The van der Waals surface area contributed by atoms with Gasteiger partial charge in [0, 0.05) is 31.8 Å². The third-order valence-electron chi connectivity index (χ3n) is 10.8. The predicted octanol–water partition coefficient (Wildman–Crippen LogP) is 8.28. The van der Waals surface area contributed by atoms with Gasteiger partial charge in [-0.2, -0.15) is 0 Å². The number of hydrogen-bond donors (Lipinski definition) is 2. The van der Waals surface area contributed by atoms with Gasteiger partial charge < -0.3 is 15.5 Å². The fourth-order valence-electron chi connectivity index (χ4n) is 7.75. The Bertz CT molecular complexity index is 2070. The number of rotatable bonds is 19. The van der Waals surface area contributed by atoms with E-state index >= 15 is 0 Å². The molecule has 0 spiro atoms. The predicted molar refractivity (Wildman–Crippen MR) is 245 cm³/mol. The Morgan fingerprint density at radius 2 is 0.758 bits per heavy atom. The summed E-state index contributed by atoms with van der Waals surface area (Å²) in [6, 6.07) is 60.4. The van der Waals surface area contributed by atoms with Crippen LogP contribution in [0.5, 0.6) is 0 Å². The fraction of sp³-hybridized carbons (Fsp3) is 0.196. The van der Waals surface area contributed by atoms with Crippen LogP contribution in [0, 0.1) is 5.92 Å². The topological polar surface area (TPSA) is 122 Å². The summed E-state index contributed by atoms with van der Waals surface area (Å²) in [6.45, 7) is 0.0294. The summed E-state index contributed by atoms with van der Waals surface area (Å²) in [5, 5.41) is 6.51. The molecule has 7 rings (SSSR count). The maximum absolute atomic E-state index is 13.9. The van der Waals surface area contributed by atoms with E-state index in [1.54, 1.807) is 0 Å². The number of benzene rings is 6. The summed E-state index contributed by atoms with van der Waals surface area (Å²) in [7, 11) is 0. The minimum atomic E-state index is -0.821. The van der Waals surface area contributed by atoms with Gasteiger partial charge in [0.15, 0.2) is 0 Å². The van der Waals surface area contributed by atoms with Crippen molar-refractivity contribution in [2.75, 3.05) is 24.6 Å². The lowest BCUT2D eigenvalue weighted by Gasteiger charge is -2.35. The average molecular weight is 862 g/mol. The molecule has 1 aliphatic heterocycles. The Morgan fingerprint density at radius 1 is 0.484 bits per heavy atom. The summed E-state index contributed by atoms with van der Waals surface area (Å²) in [5.41, 5.74) is 6.07. The van der Waals surface area contributed by atoms with E-state index in [-0.39, 0.29) is 55.7 Å². The highest BCUT2D eigenvalue weighted by Crippen LogP contribution is 2.49. The van der Waals surface area contributed by atoms with E-state index in [2.05, 4.69) is 83.4 Å². The van der Waals surface area contributed by atoms with E-state index in [1.165, 1.54) is 23.5 Å². The van der Waals surface area contributed by atoms with E-state index in [1.807, 2.05) is 109 Å². The van der Waals surface area contributed by atoms with Gasteiger partial charge in [-0.3, -0.25) is 19.2 Å². The second-order valence-electron chi connectivity index (χ2n) is 14.9. The highest BCUT2D eigenvalue weighted by Gasteiger charge is 2.39. The second-order valence-corrected chi connectivity index (χ2v) is 17.2. The van der Waals surface area contributed by atoms with Crippen molar-refractivity contribution < 1.29 is 28.8 Å². The zero-order valence-corrected chi connectivity index (χ0v) is 35.7. The van der Waals surface area contributed by atoms with Crippen LogP contribution in [0.1, 0.15) is 52.6 Å². The minimum Gasteiger partial charge on any atom is -0.355 e. The van der Waals surface area contributed by atoms with Gasteiger partial charge in [-0.25, -0.2) is 4.79 Å². The first kappa shape index (κ1) is 43.7. The lowest BCUT2D eigenvalue weighted by atomic mass is 9.84. The van der Waals surface area contributed by atoms with Crippen LogP contribution >= 0.6 is 23.5 Å². The number of imide groups is 1. The van der Waals surface area contributed by atoms with Gasteiger partial charge in [-0.05, 0) is 33.4 Å². The maximum Gasteiger partial charge on any atom is 0.333 e. The van der Waals surface area contributed by atoms with Gasteiger partial charge in [0.2, 0.25) is 11.8 Å². The van der Waals surface area contributed by atoms with Gasteiger partial charge >= 0.3 is 5.97 Å². The molecule has 1 fully saturated rings. The molecule has 1 saturated heterocycles. The SMILES string of the molecule is O=C(CSC(c1ccccc1)(c1ccccc1)c1ccccc1)NCC(CNC(=O)CSC(c1ccccc1)(c1ccccc1)c1ccccc1)CC(=O)ON1C(=O)CCC1=O. The van der Waals surface area contributed by atoms with Crippen molar-refractivity contribution in [1.82, 2.24) is 15.7 Å². The number of thioether (sulfide) groups is 2. The normalized spacial score (nSPS) is 12.9. The van der Waals surface area contributed by atoms with E-state index in [0.29, 0.717) is 5.06 Å². The quantitative estimate of drug-likeness (QED) is 0.0617. The highest BCUT2D eigenvalue weighted by atomic mass is 32.2. The summed E-state index contributed by atoms with van der Waals surface area (Å²) >= 11 is 2.97. The van der Waals surface area contributed by atoms with E-state index in [0.717, 1.165) is 33.4 Å². The van der Waals surface area contributed by atoms with Crippen LogP contribution < -0.4 is 10.6 Å². The first-order valence-corrected chi connectivity index (χ1v) is 22.5. The number of carbonyl (C=O) groups excluding carboxylic acids is 5. The molecular formula is C51H47N3O6S2. The van der Waals surface area contributed by atoms with Crippen LogP contribution in [0.3, 0.4) is 0 Å². The molecule has 1 heterocycles. The molecule has 0 unspecified atom stereocenters. The first-order valence-electron chi connectivity index (χ1n) is 20.5. The number of amides is 4. The monoisotopic (exact) mass is 861 g/mol. The van der Waals surface area contributed by atoms with Crippen molar-refractivity contribution >= 4 is 53.1 Å². The number of hydrogen-bond acceptors (Lipinski definition) is 8. The van der Waals surface area contributed by atoms with Crippen molar-refractivity contribution in [1.29, 1.82) is 0 Å². The lowest BCUT2D eigenvalue weighted by Crippen LogP contribution is -2.41. The molecule has 4 amide bonds. The minimum absolute atomic E-state index is 0.0147. The zero-order valence-electron chi connectivity index (χ0n) is 34.1. The van der Waals surface area contributed by atoms with Gasteiger partial charge in [-0.15, -0.1) is 28.6 Å². The Hall–Kier alpha value is -6.43. The molecule has 0 radical (unpaired) electrons. The molecule has 11 heteroatoms. The standard InChI is InChI=1S/C51H47N3O6S2/c55-45(36-61-50(39-19-7-1-8-20-39,40-21-9-2-10-22-40)41-23-11-3-12-24-41)52-34-38(33-49(59)60-54-47(57)31-32-48(54)58)35-53-46(56)37-62-51(42-25-13-4-14-26-42,43-27-15-5-16-28-43)44-29-17-6-18-30-44/h1-30,38H,31-37H2,(H,52,55)(H,53,56). The van der Waals surface area contributed by atoms with Crippen LogP contribution in [0.4, 0.5) is 0 Å². The smallest absolute Gasteiger partial charge is 0.333 e. The molecule has 314 valence electrons. The summed E-state index contributed by atoms with van der Waals surface area (Å²) in [5.74, 6) is -3.05.